The van der Waals surface area contributed by atoms with Crippen molar-refractivity contribution in [2.75, 3.05) is 5.32 Å². The summed E-state index contributed by atoms with van der Waals surface area (Å²) in [7, 11) is 0. The monoisotopic (exact) mass is 343 g/mol. The first-order valence-corrected chi connectivity index (χ1v) is 8.38. The molecule has 1 heterocycles. The molecule has 1 N–H and O–H groups in total. The van der Waals surface area contributed by atoms with Crippen molar-refractivity contribution in [2.24, 2.45) is 0 Å². The van der Waals surface area contributed by atoms with Crippen molar-refractivity contribution >= 4 is 29.2 Å². The molecule has 0 aromatic heterocycles. The number of esters is 1. The van der Waals surface area contributed by atoms with Gasteiger partial charge in [-0.1, -0.05) is 37.1 Å². The Hall–Kier alpha value is -2.33. The van der Waals surface area contributed by atoms with Crippen LogP contribution in [-0.4, -0.2) is 11.9 Å². The molecule has 1 aliphatic heterocycles. The first-order valence-electron chi connectivity index (χ1n) is 8.00. The molecule has 1 aliphatic rings. The van der Waals surface area contributed by atoms with Crippen molar-refractivity contribution in [1.82, 2.24) is 0 Å². The van der Waals surface area contributed by atoms with E-state index in [-0.39, 0.29) is 18.0 Å². The van der Waals surface area contributed by atoms with E-state index in [0.29, 0.717) is 21.8 Å². The summed E-state index contributed by atoms with van der Waals surface area (Å²) in [5.41, 5.74) is 2.38. The molecule has 3 rings (SSSR count). The number of anilines is 1. The molecule has 0 aliphatic carbocycles. The number of hydrogen-bond donors (Lipinski definition) is 1. The van der Waals surface area contributed by atoms with E-state index in [1.165, 1.54) is 0 Å². The van der Waals surface area contributed by atoms with Crippen LogP contribution >= 0.6 is 11.6 Å². The fraction of sp³-hybridized carbons (Fsp3) is 0.263. The summed E-state index contributed by atoms with van der Waals surface area (Å²) in [5, 5.41) is 3.32. The highest BCUT2D eigenvalue weighted by Crippen LogP contribution is 2.34. The van der Waals surface area contributed by atoms with Crippen LogP contribution < -0.4 is 5.32 Å². The highest BCUT2D eigenvalue weighted by molar-refractivity contribution is 6.31. The number of benzene rings is 2. The van der Waals surface area contributed by atoms with Gasteiger partial charge in [0.25, 0.3) is 5.91 Å². The number of cyclic esters (lactones) is 1. The zero-order valence-corrected chi connectivity index (χ0v) is 14.1. The summed E-state index contributed by atoms with van der Waals surface area (Å²) >= 11 is 5.92. The van der Waals surface area contributed by atoms with Gasteiger partial charge < -0.3 is 10.1 Å². The first kappa shape index (κ1) is 16.5. The summed E-state index contributed by atoms with van der Waals surface area (Å²) in [6, 6.07) is 12.1. The quantitative estimate of drug-likeness (QED) is 0.778. The lowest BCUT2D eigenvalue weighted by Crippen LogP contribution is -2.12. The van der Waals surface area contributed by atoms with Gasteiger partial charge in [0.1, 0.15) is 6.10 Å². The molecule has 0 bridgehead atoms. The van der Waals surface area contributed by atoms with Crippen molar-refractivity contribution < 1.29 is 14.3 Å². The highest BCUT2D eigenvalue weighted by Gasteiger charge is 2.31. The van der Waals surface area contributed by atoms with E-state index in [1.807, 2.05) is 6.07 Å². The van der Waals surface area contributed by atoms with Crippen LogP contribution in [0.25, 0.3) is 0 Å². The molecule has 124 valence electrons. The summed E-state index contributed by atoms with van der Waals surface area (Å²) in [4.78, 5) is 24.4. The molecule has 0 radical (unpaired) electrons. The second-order valence-electron chi connectivity index (χ2n) is 5.80. The molecule has 5 heteroatoms. The lowest BCUT2D eigenvalue weighted by Gasteiger charge is -2.10. The van der Waals surface area contributed by atoms with Crippen LogP contribution in [0, 0.1) is 0 Å². The van der Waals surface area contributed by atoms with Gasteiger partial charge in [-0.2, -0.15) is 0 Å². The van der Waals surface area contributed by atoms with E-state index in [9.17, 15) is 9.59 Å². The maximum Gasteiger partial charge on any atom is 0.339 e. The Kier molecular flexibility index (Phi) is 4.86. The molecule has 0 fully saturated rings. The summed E-state index contributed by atoms with van der Waals surface area (Å²) in [6.07, 6.45) is 2.65. The molecule has 1 unspecified atom stereocenters. The van der Waals surface area contributed by atoms with E-state index in [4.69, 9.17) is 16.3 Å². The molecule has 0 saturated carbocycles. The Morgan fingerprint density at radius 2 is 2.08 bits per heavy atom. The number of halogens is 1. The van der Waals surface area contributed by atoms with Gasteiger partial charge in [-0.3, -0.25) is 4.79 Å². The predicted octanol–water partition coefficient (Wildman–Crippen LogP) is 4.99. The van der Waals surface area contributed by atoms with Crippen molar-refractivity contribution in [3.05, 3.63) is 64.2 Å². The van der Waals surface area contributed by atoms with Crippen molar-refractivity contribution in [3.63, 3.8) is 0 Å². The maximum atomic E-state index is 12.4. The molecular formula is C19H18ClNO3. The Morgan fingerprint density at radius 1 is 1.25 bits per heavy atom. The lowest BCUT2D eigenvalue weighted by atomic mass is 9.99. The number of ether oxygens (including phenoxy) is 1. The highest BCUT2D eigenvalue weighted by atomic mass is 35.5. The molecule has 4 nitrogen and oxygen atoms in total. The summed E-state index contributed by atoms with van der Waals surface area (Å²) < 4.78 is 5.41. The average Bonchev–Trinajstić information content (AvgIpc) is 2.88. The Labute approximate surface area is 145 Å². The van der Waals surface area contributed by atoms with Gasteiger partial charge in [-0.15, -0.1) is 0 Å². The van der Waals surface area contributed by atoms with Crippen molar-refractivity contribution in [2.45, 2.75) is 32.3 Å². The molecule has 1 atom stereocenters. The Bertz CT molecular complexity index is 788. The van der Waals surface area contributed by atoms with E-state index in [1.54, 1.807) is 36.4 Å². The fourth-order valence-corrected chi connectivity index (χ4v) is 2.97. The van der Waals surface area contributed by atoms with Crippen LogP contribution in [0.5, 0.6) is 0 Å². The minimum Gasteiger partial charge on any atom is -0.454 e. The third-order valence-electron chi connectivity index (χ3n) is 4.03. The molecule has 2 aromatic rings. The number of nitrogens with one attached hydrogen (secondary N) is 1. The molecular weight excluding hydrogens is 326 g/mol. The minimum absolute atomic E-state index is 0.197. The van der Waals surface area contributed by atoms with Crippen LogP contribution in [-0.2, 0) is 4.74 Å². The van der Waals surface area contributed by atoms with Gasteiger partial charge in [-0.25, -0.2) is 4.79 Å². The maximum absolute atomic E-state index is 12.4. The number of fused-ring (bicyclic) bond motifs is 1. The first-order chi connectivity index (χ1) is 11.6. The standard InChI is InChI=1S/C19H18ClNO3/c1-2-3-7-17-15-9-8-12(10-16(15)19(23)24-17)18(22)21-14-6-4-5-13(20)11-14/h4-6,8-11,17H,2-3,7H2,1H3,(H,21,22). The van der Waals surface area contributed by atoms with Crippen LogP contribution in [0.3, 0.4) is 0 Å². The topological polar surface area (TPSA) is 55.4 Å². The van der Waals surface area contributed by atoms with E-state index in [0.717, 1.165) is 24.8 Å². The summed E-state index contributed by atoms with van der Waals surface area (Å²) in [6.45, 7) is 2.10. The number of rotatable bonds is 5. The number of carbonyl (C=O) groups excluding carboxylic acids is 2. The van der Waals surface area contributed by atoms with Crippen molar-refractivity contribution in [3.8, 4) is 0 Å². The zero-order chi connectivity index (χ0) is 17.1. The Morgan fingerprint density at radius 3 is 2.83 bits per heavy atom. The van der Waals surface area contributed by atoms with Gasteiger partial charge in [0.05, 0.1) is 5.56 Å². The van der Waals surface area contributed by atoms with Gasteiger partial charge in [0.2, 0.25) is 0 Å². The van der Waals surface area contributed by atoms with Gasteiger partial charge >= 0.3 is 5.97 Å². The number of amides is 1. The van der Waals surface area contributed by atoms with E-state index < -0.39 is 0 Å². The largest absolute Gasteiger partial charge is 0.454 e. The fourth-order valence-electron chi connectivity index (χ4n) is 2.78. The van der Waals surface area contributed by atoms with Gasteiger partial charge in [0.15, 0.2) is 0 Å². The third kappa shape index (κ3) is 3.44. The molecule has 24 heavy (non-hydrogen) atoms. The Balaban J connectivity index is 1.80. The molecule has 1 amide bonds. The predicted molar refractivity (Wildman–Crippen MR) is 93.5 cm³/mol. The summed E-state index contributed by atoms with van der Waals surface area (Å²) in [5.74, 6) is -0.645. The smallest absolute Gasteiger partial charge is 0.339 e. The van der Waals surface area contributed by atoms with Gasteiger partial charge in [0, 0.05) is 21.8 Å². The van der Waals surface area contributed by atoms with Crippen molar-refractivity contribution in [1.29, 1.82) is 0 Å². The van der Waals surface area contributed by atoms with E-state index >= 15 is 0 Å². The minimum atomic E-state index is -0.358. The second-order valence-corrected chi connectivity index (χ2v) is 6.24. The molecule has 0 saturated heterocycles. The second kappa shape index (κ2) is 7.05. The lowest BCUT2D eigenvalue weighted by molar-refractivity contribution is 0.0364. The van der Waals surface area contributed by atoms with Crippen LogP contribution in [0.4, 0.5) is 5.69 Å². The normalized spacial score (nSPS) is 15.8. The molecule has 2 aromatic carbocycles. The van der Waals surface area contributed by atoms with Crippen LogP contribution in [0.15, 0.2) is 42.5 Å². The van der Waals surface area contributed by atoms with Crippen LogP contribution in [0.1, 0.15) is 58.6 Å². The van der Waals surface area contributed by atoms with E-state index in [2.05, 4.69) is 12.2 Å². The zero-order valence-electron chi connectivity index (χ0n) is 13.3. The average molecular weight is 344 g/mol. The number of hydrogen-bond acceptors (Lipinski definition) is 3. The number of unbranched alkanes of at least 4 members (excludes halogenated alkanes) is 1. The third-order valence-corrected chi connectivity index (χ3v) is 4.27. The van der Waals surface area contributed by atoms with Crippen LogP contribution in [0.2, 0.25) is 5.02 Å². The molecule has 0 spiro atoms. The van der Waals surface area contributed by atoms with Gasteiger partial charge in [-0.05, 0) is 43.2 Å². The number of carbonyl (C=O) groups is 2. The SMILES string of the molecule is CCCCC1OC(=O)c2cc(C(=O)Nc3cccc(Cl)c3)ccc21.